The van der Waals surface area contributed by atoms with Crippen molar-refractivity contribution in [1.29, 1.82) is 5.26 Å². The summed E-state index contributed by atoms with van der Waals surface area (Å²) in [5.41, 5.74) is 1.93. The van der Waals surface area contributed by atoms with Crippen molar-refractivity contribution in [2.45, 2.75) is 23.8 Å². The molecular weight excluding hydrogens is 254 g/mol. The third-order valence-electron chi connectivity index (χ3n) is 3.80. The topological polar surface area (TPSA) is 30.3 Å². The maximum absolute atomic E-state index is 9.44. The summed E-state index contributed by atoms with van der Waals surface area (Å²) in [7, 11) is 4.27. The first-order valence-electron chi connectivity index (χ1n) is 6.66. The molecule has 0 saturated carbocycles. The Morgan fingerprint density at radius 3 is 2.84 bits per heavy atom. The third-order valence-corrected chi connectivity index (χ3v) is 4.58. The number of rotatable bonds is 3. The molecule has 3 nitrogen and oxygen atoms in total. The number of hydrogen-bond donors (Lipinski definition) is 0. The summed E-state index contributed by atoms with van der Waals surface area (Å²) in [6, 6.07) is 9.13. The van der Waals surface area contributed by atoms with Gasteiger partial charge in [0.1, 0.15) is 6.07 Å². The van der Waals surface area contributed by atoms with Crippen molar-refractivity contribution in [3.8, 4) is 6.07 Å². The van der Waals surface area contributed by atoms with E-state index in [1.807, 2.05) is 12.3 Å². The molecule has 0 aromatic heterocycles. The van der Waals surface area contributed by atoms with Gasteiger partial charge in [0, 0.05) is 24.0 Å². The molecule has 1 aromatic rings. The van der Waals surface area contributed by atoms with E-state index < -0.39 is 0 Å². The Labute approximate surface area is 120 Å². The van der Waals surface area contributed by atoms with E-state index in [9.17, 15) is 5.26 Å². The van der Waals surface area contributed by atoms with Crippen LogP contribution in [0, 0.1) is 11.3 Å². The van der Waals surface area contributed by atoms with Crippen LogP contribution in [0.15, 0.2) is 23.1 Å². The van der Waals surface area contributed by atoms with E-state index in [2.05, 4.69) is 42.1 Å². The molecule has 1 unspecified atom stereocenters. The van der Waals surface area contributed by atoms with Crippen LogP contribution in [-0.2, 0) is 0 Å². The fourth-order valence-electron chi connectivity index (χ4n) is 2.66. The van der Waals surface area contributed by atoms with Gasteiger partial charge in [0.2, 0.25) is 0 Å². The summed E-state index contributed by atoms with van der Waals surface area (Å²) in [4.78, 5) is 5.73. The molecule has 1 aromatic carbocycles. The van der Waals surface area contributed by atoms with E-state index in [1.54, 1.807) is 11.8 Å². The van der Waals surface area contributed by atoms with Gasteiger partial charge in [-0.15, -0.1) is 11.8 Å². The van der Waals surface area contributed by atoms with E-state index in [1.165, 1.54) is 12.8 Å². The highest BCUT2D eigenvalue weighted by molar-refractivity contribution is 7.98. The van der Waals surface area contributed by atoms with Crippen LogP contribution in [0.25, 0.3) is 0 Å². The molecular formula is C15H21N3S. The lowest BCUT2D eigenvalue weighted by Crippen LogP contribution is -2.45. The molecule has 0 spiro atoms. The van der Waals surface area contributed by atoms with Gasteiger partial charge in [-0.05, 0) is 45.3 Å². The predicted molar refractivity (Wildman–Crippen MR) is 81.9 cm³/mol. The number of thioether (sulfide) groups is 1. The summed E-state index contributed by atoms with van der Waals surface area (Å²) in [6.07, 6.45) is 4.46. The van der Waals surface area contributed by atoms with Gasteiger partial charge in [-0.2, -0.15) is 5.26 Å². The fourth-order valence-corrected chi connectivity index (χ4v) is 3.23. The Morgan fingerprint density at radius 2 is 2.21 bits per heavy atom. The summed E-state index contributed by atoms with van der Waals surface area (Å²) in [5, 5.41) is 9.44. The van der Waals surface area contributed by atoms with Crippen LogP contribution in [0.1, 0.15) is 18.4 Å². The predicted octanol–water partition coefficient (Wildman–Crippen LogP) is 2.81. The van der Waals surface area contributed by atoms with E-state index in [-0.39, 0.29) is 0 Å². The largest absolute Gasteiger partial charge is 0.369 e. The van der Waals surface area contributed by atoms with Crippen LogP contribution in [-0.4, -0.2) is 44.4 Å². The maximum Gasteiger partial charge on any atom is 0.103 e. The molecule has 1 saturated heterocycles. The minimum Gasteiger partial charge on any atom is -0.369 e. The smallest absolute Gasteiger partial charge is 0.103 e. The first kappa shape index (κ1) is 14.2. The molecule has 1 aliphatic rings. The highest BCUT2D eigenvalue weighted by atomic mass is 32.2. The third kappa shape index (κ3) is 3.05. The van der Waals surface area contributed by atoms with Crippen LogP contribution in [0.3, 0.4) is 0 Å². The van der Waals surface area contributed by atoms with Gasteiger partial charge in [-0.25, -0.2) is 0 Å². The van der Waals surface area contributed by atoms with Crippen LogP contribution >= 0.6 is 11.8 Å². The van der Waals surface area contributed by atoms with E-state index in [0.29, 0.717) is 6.04 Å². The summed E-state index contributed by atoms with van der Waals surface area (Å²) >= 11 is 1.65. The van der Waals surface area contributed by atoms with E-state index >= 15 is 0 Å². The molecule has 0 radical (unpaired) electrons. The highest BCUT2D eigenvalue weighted by Crippen LogP contribution is 2.31. The minimum absolute atomic E-state index is 0.582. The van der Waals surface area contributed by atoms with Crippen LogP contribution < -0.4 is 4.90 Å². The van der Waals surface area contributed by atoms with Gasteiger partial charge >= 0.3 is 0 Å². The first-order valence-corrected chi connectivity index (χ1v) is 7.88. The SMILES string of the molecule is CSc1cccc(N2CCCC(N(C)C)C2)c1C#N. The Balaban J connectivity index is 2.29. The Morgan fingerprint density at radius 1 is 1.42 bits per heavy atom. The van der Waals surface area contributed by atoms with Gasteiger partial charge in [-0.3, -0.25) is 0 Å². The zero-order valence-corrected chi connectivity index (χ0v) is 12.7. The number of anilines is 1. The lowest BCUT2D eigenvalue weighted by molar-refractivity contribution is 0.258. The van der Waals surface area contributed by atoms with Crippen molar-refractivity contribution in [3.63, 3.8) is 0 Å². The van der Waals surface area contributed by atoms with Crippen molar-refractivity contribution in [2.75, 3.05) is 38.3 Å². The summed E-state index contributed by atoms with van der Waals surface area (Å²) < 4.78 is 0. The van der Waals surface area contributed by atoms with Crippen molar-refractivity contribution in [2.24, 2.45) is 0 Å². The average Bonchev–Trinajstić information content (AvgIpc) is 2.46. The molecule has 1 fully saturated rings. The Kier molecular flexibility index (Phi) is 4.73. The van der Waals surface area contributed by atoms with Gasteiger partial charge in [-0.1, -0.05) is 6.07 Å². The monoisotopic (exact) mass is 275 g/mol. The zero-order chi connectivity index (χ0) is 13.8. The normalized spacial score (nSPS) is 19.5. The molecule has 1 heterocycles. The van der Waals surface area contributed by atoms with Crippen molar-refractivity contribution in [3.05, 3.63) is 23.8 Å². The van der Waals surface area contributed by atoms with Gasteiger partial charge < -0.3 is 9.80 Å². The number of nitriles is 1. The number of piperidine rings is 1. The summed E-state index contributed by atoms with van der Waals surface area (Å²) in [6.45, 7) is 2.07. The number of likely N-dealkylation sites (N-methyl/N-ethyl adjacent to an activating group) is 1. The van der Waals surface area contributed by atoms with Crippen LogP contribution in [0.2, 0.25) is 0 Å². The van der Waals surface area contributed by atoms with Gasteiger partial charge in [0.05, 0.1) is 11.3 Å². The quantitative estimate of drug-likeness (QED) is 0.794. The maximum atomic E-state index is 9.44. The Bertz CT molecular complexity index is 479. The fraction of sp³-hybridized carbons (Fsp3) is 0.533. The average molecular weight is 275 g/mol. The number of nitrogens with zero attached hydrogens (tertiary/aromatic N) is 3. The number of hydrogen-bond acceptors (Lipinski definition) is 4. The molecule has 0 aliphatic carbocycles. The Hall–Kier alpha value is -1.18. The highest BCUT2D eigenvalue weighted by Gasteiger charge is 2.23. The second-order valence-corrected chi connectivity index (χ2v) is 6.02. The molecule has 1 aliphatic heterocycles. The molecule has 19 heavy (non-hydrogen) atoms. The van der Waals surface area contributed by atoms with Gasteiger partial charge in [0.15, 0.2) is 0 Å². The molecule has 0 bridgehead atoms. The van der Waals surface area contributed by atoms with Crippen molar-refractivity contribution < 1.29 is 0 Å². The van der Waals surface area contributed by atoms with Crippen LogP contribution in [0.4, 0.5) is 5.69 Å². The number of benzene rings is 1. The zero-order valence-electron chi connectivity index (χ0n) is 11.9. The molecule has 0 amide bonds. The molecule has 102 valence electrons. The molecule has 1 atom stereocenters. The first-order chi connectivity index (χ1) is 9.17. The summed E-state index contributed by atoms with van der Waals surface area (Å²) in [5.74, 6) is 0. The van der Waals surface area contributed by atoms with Gasteiger partial charge in [0.25, 0.3) is 0 Å². The van der Waals surface area contributed by atoms with Crippen LogP contribution in [0.5, 0.6) is 0 Å². The lowest BCUT2D eigenvalue weighted by Gasteiger charge is -2.38. The molecule has 0 N–H and O–H groups in total. The minimum atomic E-state index is 0.582. The van der Waals surface area contributed by atoms with Crippen molar-refractivity contribution >= 4 is 17.4 Å². The second kappa shape index (κ2) is 6.31. The lowest BCUT2D eigenvalue weighted by atomic mass is 10.0. The van der Waals surface area contributed by atoms with Crippen molar-refractivity contribution in [1.82, 2.24) is 4.90 Å². The molecule has 2 rings (SSSR count). The van der Waals surface area contributed by atoms with E-state index in [0.717, 1.165) is 29.2 Å². The second-order valence-electron chi connectivity index (χ2n) is 5.17. The van der Waals surface area contributed by atoms with E-state index in [4.69, 9.17) is 0 Å². The standard InChI is InChI=1S/C15H21N3S/c1-17(2)12-6-5-9-18(11-12)14-7-4-8-15(19-3)13(14)10-16/h4,7-8,12H,5-6,9,11H2,1-3H3. The molecule has 4 heteroatoms.